The number of benzene rings is 1. The van der Waals surface area contributed by atoms with Gasteiger partial charge in [0.15, 0.2) is 0 Å². The van der Waals surface area contributed by atoms with Gasteiger partial charge in [0.25, 0.3) is 0 Å². The van der Waals surface area contributed by atoms with Crippen LogP contribution >= 0.6 is 0 Å². The van der Waals surface area contributed by atoms with Crippen molar-refractivity contribution < 1.29 is 9.21 Å². The number of nitrogens with zero attached hydrogens (tertiary/aromatic N) is 1. The van der Waals surface area contributed by atoms with Gasteiger partial charge in [-0.1, -0.05) is 18.2 Å². The molecule has 3 rings (SSSR count). The summed E-state index contributed by atoms with van der Waals surface area (Å²) < 4.78 is 5.29. The van der Waals surface area contributed by atoms with Crippen molar-refractivity contribution in [2.45, 2.75) is 32.6 Å². The van der Waals surface area contributed by atoms with Gasteiger partial charge in [-0.2, -0.15) is 0 Å². The van der Waals surface area contributed by atoms with Crippen molar-refractivity contribution in [1.29, 1.82) is 0 Å². The van der Waals surface area contributed by atoms with Crippen molar-refractivity contribution in [1.82, 2.24) is 0 Å². The van der Waals surface area contributed by atoms with Crippen LogP contribution in [-0.2, 0) is 17.6 Å². The number of amides is 1. The third-order valence-corrected chi connectivity index (χ3v) is 3.89. The van der Waals surface area contributed by atoms with Crippen LogP contribution in [-0.4, -0.2) is 12.5 Å². The topological polar surface area (TPSA) is 33.5 Å². The first kappa shape index (κ1) is 13.0. The highest BCUT2D eigenvalue weighted by molar-refractivity contribution is 5.95. The van der Waals surface area contributed by atoms with E-state index in [0.29, 0.717) is 12.8 Å². The van der Waals surface area contributed by atoms with E-state index in [9.17, 15) is 4.79 Å². The minimum atomic E-state index is 0.191. The molecule has 3 heteroatoms. The molecule has 2 aromatic rings. The van der Waals surface area contributed by atoms with Crippen molar-refractivity contribution in [3.8, 4) is 0 Å². The standard InChI is InChI=1S/C17H19NO2/c1-13-5-2-6-14-7-3-11-18(17(13)14)16(19)10-9-15-8-4-12-20-15/h2,4-6,8,12H,3,7,9-11H2,1H3. The molecule has 0 aliphatic carbocycles. The Labute approximate surface area is 119 Å². The van der Waals surface area contributed by atoms with Gasteiger partial charge in [0, 0.05) is 25.1 Å². The number of para-hydroxylation sites is 1. The lowest BCUT2D eigenvalue weighted by atomic mass is 9.98. The molecule has 0 saturated heterocycles. The molecule has 0 atom stereocenters. The first-order valence-electron chi connectivity index (χ1n) is 7.17. The molecule has 1 amide bonds. The highest BCUT2D eigenvalue weighted by Gasteiger charge is 2.23. The van der Waals surface area contributed by atoms with Crippen LogP contribution in [0, 0.1) is 6.92 Å². The quantitative estimate of drug-likeness (QED) is 0.854. The summed E-state index contributed by atoms with van der Waals surface area (Å²) in [6.07, 6.45) is 4.94. The second kappa shape index (κ2) is 5.53. The number of rotatable bonds is 3. The number of carbonyl (C=O) groups is 1. The summed E-state index contributed by atoms with van der Waals surface area (Å²) >= 11 is 0. The Hall–Kier alpha value is -2.03. The molecule has 0 fully saturated rings. The van der Waals surface area contributed by atoms with E-state index in [1.165, 1.54) is 11.1 Å². The average molecular weight is 269 g/mol. The van der Waals surface area contributed by atoms with Crippen molar-refractivity contribution in [3.05, 3.63) is 53.5 Å². The van der Waals surface area contributed by atoms with Crippen LogP contribution in [0.3, 0.4) is 0 Å². The smallest absolute Gasteiger partial charge is 0.227 e. The number of aryl methyl sites for hydroxylation is 3. The van der Waals surface area contributed by atoms with E-state index < -0.39 is 0 Å². The van der Waals surface area contributed by atoms with Crippen LogP contribution in [0.2, 0.25) is 0 Å². The number of furan rings is 1. The highest BCUT2D eigenvalue weighted by atomic mass is 16.3. The molecule has 1 aromatic carbocycles. The summed E-state index contributed by atoms with van der Waals surface area (Å²) in [4.78, 5) is 14.4. The van der Waals surface area contributed by atoms with Crippen LogP contribution in [0.15, 0.2) is 41.0 Å². The molecule has 20 heavy (non-hydrogen) atoms. The first-order chi connectivity index (χ1) is 9.75. The Morgan fingerprint density at radius 3 is 3.00 bits per heavy atom. The monoisotopic (exact) mass is 269 g/mol. The fraction of sp³-hybridized carbons (Fsp3) is 0.353. The van der Waals surface area contributed by atoms with Gasteiger partial charge >= 0.3 is 0 Å². The van der Waals surface area contributed by atoms with Crippen LogP contribution in [0.5, 0.6) is 0 Å². The van der Waals surface area contributed by atoms with Gasteiger partial charge in [0.2, 0.25) is 5.91 Å². The van der Waals surface area contributed by atoms with Gasteiger partial charge in [-0.05, 0) is 43.0 Å². The second-order valence-electron chi connectivity index (χ2n) is 5.31. The fourth-order valence-corrected chi connectivity index (χ4v) is 2.92. The lowest BCUT2D eigenvalue weighted by molar-refractivity contribution is -0.118. The number of anilines is 1. The molecule has 2 heterocycles. The molecule has 1 aliphatic rings. The lowest BCUT2D eigenvalue weighted by Gasteiger charge is -2.31. The Balaban J connectivity index is 1.76. The first-order valence-corrected chi connectivity index (χ1v) is 7.17. The molecular formula is C17H19NO2. The fourth-order valence-electron chi connectivity index (χ4n) is 2.92. The van der Waals surface area contributed by atoms with E-state index in [1.807, 2.05) is 17.0 Å². The maximum absolute atomic E-state index is 12.5. The average Bonchev–Trinajstić information content (AvgIpc) is 2.98. The maximum Gasteiger partial charge on any atom is 0.227 e. The van der Waals surface area contributed by atoms with Gasteiger partial charge in [0.1, 0.15) is 5.76 Å². The molecule has 0 spiro atoms. The Kier molecular flexibility index (Phi) is 3.59. The zero-order valence-electron chi connectivity index (χ0n) is 11.8. The molecule has 0 unspecified atom stereocenters. The minimum absolute atomic E-state index is 0.191. The molecule has 1 aromatic heterocycles. The maximum atomic E-state index is 12.5. The zero-order valence-corrected chi connectivity index (χ0v) is 11.8. The van der Waals surface area contributed by atoms with Gasteiger partial charge in [0.05, 0.1) is 6.26 Å². The summed E-state index contributed by atoms with van der Waals surface area (Å²) in [5, 5.41) is 0. The third-order valence-electron chi connectivity index (χ3n) is 3.89. The summed E-state index contributed by atoms with van der Waals surface area (Å²) in [5.74, 6) is 1.07. The third kappa shape index (κ3) is 2.48. The summed E-state index contributed by atoms with van der Waals surface area (Å²) in [5.41, 5.74) is 3.61. The summed E-state index contributed by atoms with van der Waals surface area (Å²) in [7, 11) is 0. The van der Waals surface area contributed by atoms with E-state index in [1.54, 1.807) is 6.26 Å². The van der Waals surface area contributed by atoms with E-state index in [0.717, 1.165) is 30.8 Å². The number of hydrogen-bond acceptors (Lipinski definition) is 2. The molecule has 1 aliphatic heterocycles. The molecule has 0 bridgehead atoms. The van der Waals surface area contributed by atoms with E-state index in [-0.39, 0.29) is 5.91 Å². The lowest BCUT2D eigenvalue weighted by Crippen LogP contribution is -2.36. The molecule has 0 saturated carbocycles. The zero-order chi connectivity index (χ0) is 13.9. The van der Waals surface area contributed by atoms with Gasteiger partial charge in [-0.25, -0.2) is 0 Å². The molecular weight excluding hydrogens is 250 g/mol. The predicted octanol–water partition coefficient (Wildman–Crippen LogP) is 3.50. The van der Waals surface area contributed by atoms with Crippen molar-refractivity contribution >= 4 is 11.6 Å². The Morgan fingerprint density at radius 2 is 2.20 bits per heavy atom. The minimum Gasteiger partial charge on any atom is -0.469 e. The normalized spacial score (nSPS) is 14.2. The summed E-state index contributed by atoms with van der Waals surface area (Å²) in [6.45, 7) is 2.91. The SMILES string of the molecule is Cc1cccc2c1N(C(=O)CCc1ccco1)CCC2. The Morgan fingerprint density at radius 1 is 1.30 bits per heavy atom. The van der Waals surface area contributed by atoms with Gasteiger partial charge < -0.3 is 9.32 Å². The van der Waals surface area contributed by atoms with Crippen molar-refractivity contribution in [3.63, 3.8) is 0 Å². The van der Waals surface area contributed by atoms with Crippen LogP contribution < -0.4 is 4.90 Å². The Bertz CT molecular complexity index is 601. The second-order valence-corrected chi connectivity index (χ2v) is 5.31. The van der Waals surface area contributed by atoms with E-state index >= 15 is 0 Å². The predicted molar refractivity (Wildman–Crippen MR) is 78.9 cm³/mol. The van der Waals surface area contributed by atoms with Crippen molar-refractivity contribution in [2.24, 2.45) is 0 Å². The number of fused-ring (bicyclic) bond motifs is 1. The molecule has 3 nitrogen and oxygen atoms in total. The van der Waals surface area contributed by atoms with E-state index in [4.69, 9.17) is 4.42 Å². The van der Waals surface area contributed by atoms with E-state index in [2.05, 4.69) is 25.1 Å². The van der Waals surface area contributed by atoms with Gasteiger partial charge in [-0.15, -0.1) is 0 Å². The number of hydrogen-bond donors (Lipinski definition) is 0. The van der Waals surface area contributed by atoms with Crippen LogP contribution in [0.1, 0.15) is 29.7 Å². The molecule has 0 N–H and O–H groups in total. The molecule has 104 valence electrons. The van der Waals surface area contributed by atoms with Crippen LogP contribution in [0.4, 0.5) is 5.69 Å². The number of carbonyl (C=O) groups excluding carboxylic acids is 1. The largest absolute Gasteiger partial charge is 0.469 e. The van der Waals surface area contributed by atoms with Crippen molar-refractivity contribution in [2.75, 3.05) is 11.4 Å². The van der Waals surface area contributed by atoms with Gasteiger partial charge in [-0.3, -0.25) is 4.79 Å². The van der Waals surface area contributed by atoms with Crippen LogP contribution in [0.25, 0.3) is 0 Å². The summed E-state index contributed by atoms with van der Waals surface area (Å²) in [6, 6.07) is 10.1. The molecule has 0 radical (unpaired) electrons. The highest BCUT2D eigenvalue weighted by Crippen LogP contribution is 2.31.